The van der Waals surface area contributed by atoms with Crippen molar-refractivity contribution in [2.45, 2.75) is 6.42 Å². The van der Waals surface area contributed by atoms with E-state index in [0.717, 1.165) is 5.56 Å². The van der Waals surface area contributed by atoms with Crippen LogP contribution in [0.25, 0.3) is 0 Å². The van der Waals surface area contributed by atoms with Gasteiger partial charge >= 0.3 is 0 Å². The molecule has 6 nitrogen and oxygen atoms in total. The number of nitrogen functional groups attached to an aromatic ring is 1. The quantitative estimate of drug-likeness (QED) is 0.772. The van der Waals surface area contributed by atoms with Crippen molar-refractivity contribution in [1.82, 2.24) is 10.2 Å². The van der Waals surface area contributed by atoms with Crippen LogP contribution in [-0.4, -0.2) is 16.1 Å². The summed E-state index contributed by atoms with van der Waals surface area (Å²) in [7, 11) is 0. The molecule has 4 N–H and O–H groups in total. The van der Waals surface area contributed by atoms with Gasteiger partial charge in [0.05, 0.1) is 35.7 Å². The summed E-state index contributed by atoms with van der Waals surface area (Å²) in [6.07, 6.45) is 4.85. The average Bonchev–Trinajstić information content (AvgIpc) is 2.73. The SMILES string of the molecule is NC(=O)c1cnnc(Cc2ccoc2)c1N. The van der Waals surface area contributed by atoms with Gasteiger partial charge < -0.3 is 15.9 Å². The highest BCUT2D eigenvalue weighted by Crippen LogP contribution is 2.17. The molecule has 0 radical (unpaired) electrons. The Kier molecular flexibility index (Phi) is 2.55. The van der Waals surface area contributed by atoms with Crippen molar-refractivity contribution in [2.24, 2.45) is 5.73 Å². The first-order valence-corrected chi connectivity index (χ1v) is 4.59. The van der Waals surface area contributed by atoms with E-state index in [9.17, 15) is 4.79 Å². The Hall–Kier alpha value is -2.37. The number of carbonyl (C=O) groups is 1. The highest BCUT2D eigenvalue weighted by molar-refractivity contribution is 5.97. The van der Waals surface area contributed by atoms with E-state index in [1.165, 1.54) is 6.20 Å². The van der Waals surface area contributed by atoms with E-state index >= 15 is 0 Å². The third kappa shape index (κ3) is 1.85. The van der Waals surface area contributed by atoms with Gasteiger partial charge in [-0.25, -0.2) is 0 Å². The van der Waals surface area contributed by atoms with Gasteiger partial charge in [-0.1, -0.05) is 0 Å². The summed E-state index contributed by atoms with van der Waals surface area (Å²) in [4.78, 5) is 11.0. The summed E-state index contributed by atoms with van der Waals surface area (Å²) < 4.78 is 4.92. The number of hydrogen-bond acceptors (Lipinski definition) is 5. The van der Waals surface area contributed by atoms with Crippen LogP contribution in [0.3, 0.4) is 0 Å². The highest BCUT2D eigenvalue weighted by atomic mass is 16.3. The number of rotatable bonds is 3. The number of primary amides is 1. The fourth-order valence-electron chi connectivity index (χ4n) is 1.35. The molecule has 0 bridgehead atoms. The largest absolute Gasteiger partial charge is 0.472 e. The Morgan fingerprint density at radius 1 is 1.50 bits per heavy atom. The summed E-state index contributed by atoms with van der Waals surface area (Å²) in [5, 5.41) is 7.56. The van der Waals surface area contributed by atoms with Gasteiger partial charge in [-0.3, -0.25) is 4.79 Å². The third-order valence-electron chi connectivity index (χ3n) is 2.18. The van der Waals surface area contributed by atoms with Crippen LogP contribution in [0, 0.1) is 0 Å². The summed E-state index contributed by atoms with van der Waals surface area (Å²) in [5.41, 5.74) is 12.8. The molecule has 0 aromatic carbocycles. The molecule has 82 valence electrons. The first-order chi connectivity index (χ1) is 7.68. The number of anilines is 1. The molecule has 0 spiro atoms. The predicted octanol–water partition coefficient (Wildman–Crippen LogP) is 0.342. The molecule has 0 unspecified atom stereocenters. The van der Waals surface area contributed by atoms with Crippen molar-refractivity contribution in [3.63, 3.8) is 0 Å². The minimum atomic E-state index is -0.610. The van der Waals surface area contributed by atoms with Gasteiger partial charge in [0.25, 0.3) is 5.91 Å². The Labute approximate surface area is 91.3 Å². The van der Waals surface area contributed by atoms with Crippen molar-refractivity contribution in [2.75, 3.05) is 5.73 Å². The van der Waals surface area contributed by atoms with E-state index in [1.54, 1.807) is 18.6 Å². The minimum Gasteiger partial charge on any atom is -0.472 e. The first-order valence-electron chi connectivity index (χ1n) is 4.59. The molecule has 2 rings (SSSR count). The van der Waals surface area contributed by atoms with Gasteiger partial charge in [0.1, 0.15) is 0 Å². The second-order valence-electron chi connectivity index (χ2n) is 3.29. The van der Waals surface area contributed by atoms with Gasteiger partial charge in [0.15, 0.2) is 0 Å². The first kappa shape index (κ1) is 10.2. The highest BCUT2D eigenvalue weighted by Gasteiger charge is 2.12. The van der Waals surface area contributed by atoms with Crippen LogP contribution in [0.1, 0.15) is 21.6 Å². The minimum absolute atomic E-state index is 0.188. The van der Waals surface area contributed by atoms with Crippen LogP contribution < -0.4 is 11.5 Å². The van der Waals surface area contributed by atoms with Crippen LogP contribution >= 0.6 is 0 Å². The maximum Gasteiger partial charge on any atom is 0.252 e. The van der Waals surface area contributed by atoms with Gasteiger partial charge in [0, 0.05) is 6.42 Å². The van der Waals surface area contributed by atoms with Crippen LogP contribution in [0.5, 0.6) is 0 Å². The predicted molar refractivity (Wildman–Crippen MR) is 56.5 cm³/mol. The number of amides is 1. The van der Waals surface area contributed by atoms with Crippen molar-refractivity contribution >= 4 is 11.6 Å². The van der Waals surface area contributed by atoms with Crippen LogP contribution in [0.2, 0.25) is 0 Å². The molecule has 2 aromatic rings. The number of hydrogen-bond donors (Lipinski definition) is 2. The Morgan fingerprint density at radius 3 is 2.94 bits per heavy atom. The summed E-state index contributed by atoms with van der Waals surface area (Å²) >= 11 is 0. The number of carbonyl (C=O) groups excluding carboxylic acids is 1. The molecular weight excluding hydrogens is 208 g/mol. The molecule has 0 saturated carbocycles. The monoisotopic (exact) mass is 218 g/mol. The van der Waals surface area contributed by atoms with Gasteiger partial charge in [0.2, 0.25) is 0 Å². The molecule has 0 aliphatic rings. The van der Waals surface area contributed by atoms with Crippen molar-refractivity contribution in [1.29, 1.82) is 0 Å². The number of nitrogens with zero attached hydrogens (tertiary/aromatic N) is 2. The molecular formula is C10H10N4O2. The molecule has 0 aliphatic heterocycles. The van der Waals surface area contributed by atoms with E-state index in [2.05, 4.69) is 10.2 Å². The standard InChI is InChI=1S/C10H10N4O2/c11-9-7(10(12)15)4-13-14-8(9)3-6-1-2-16-5-6/h1-2,4-5H,3H2,(H2,11,13)(H2,12,15). The fraction of sp³-hybridized carbons (Fsp3) is 0.100. The summed E-state index contributed by atoms with van der Waals surface area (Å²) in [6.45, 7) is 0. The van der Waals surface area contributed by atoms with Crippen LogP contribution in [0.4, 0.5) is 5.69 Å². The lowest BCUT2D eigenvalue weighted by Crippen LogP contribution is -2.16. The molecule has 1 amide bonds. The summed E-state index contributed by atoms with van der Waals surface area (Å²) in [6, 6.07) is 1.79. The van der Waals surface area contributed by atoms with E-state index in [-0.39, 0.29) is 11.3 Å². The second kappa shape index (κ2) is 4.01. The lowest BCUT2D eigenvalue weighted by atomic mass is 10.1. The van der Waals surface area contributed by atoms with Crippen molar-refractivity contribution in [3.8, 4) is 0 Å². The summed E-state index contributed by atoms with van der Waals surface area (Å²) in [5.74, 6) is -0.610. The number of furan rings is 1. The molecule has 0 atom stereocenters. The third-order valence-corrected chi connectivity index (χ3v) is 2.18. The van der Waals surface area contributed by atoms with Crippen LogP contribution in [-0.2, 0) is 6.42 Å². The van der Waals surface area contributed by atoms with Crippen molar-refractivity contribution in [3.05, 3.63) is 41.6 Å². The average molecular weight is 218 g/mol. The molecule has 6 heteroatoms. The van der Waals surface area contributed by atoms with Gasteiger partial charge in [-0.2, -0.15) is 10.2 Å². The smallest absolute Gasteiger partial charge is 0.252 e. The van der Waals surface area contributed by atoms with E-state index < -0.39 is 5.91 Å². The normalized spacial score (nSPS) is 10.2. The zero-order valence-corrected chi connectivity index (χ0v) is 8.38. The molecule has 0 fully saturated rings. The zero-order chi connectivity index (χ0) is 11.5. The van der Waals surface area contributed by atoms with Crippen molar-refractivity contribution < 1.29 is 9.21 Å². The van der Waals surface area contributed by atoms with Crippen LogP contribution in [0.15, 0.2) is 29.2 Å². The molecule has 2 heterocycles. The zero-order valence-electron chi connectivity index (χ0n) is 8.38. The Bertz CT molecular complexity index is 508. The van der Waals surface area contributed by atoms with E-state index in [4.69, 9.17) is 15.9 Å². The molecule has 16 heavy (non-hydrogen) atoms. The Balaban J connectivity index is 2.35. The Morgan fingerprint density at radius 2 is 2.31 bits per heavy atom. The van der Waals surface area contributed by atoms with Gasteiger partial charge in [-0.05, 0) is 11.6 Å². The van der Waals surface area contributed by atoms with E-state index in [0.29, 0.717) is 12.1 Å². The number of nitrogens with two attached hydrogens (primary N) is 2. The lowest BCUT2D eigenvalue weighted by Gasteiger charge is -2.05. The molecule has 2 aromatic heterocycles. The van der Waals surface area contributed by atoms with Gasteiger partial charge in [-0.15, -0.1) is 0 Å². The molecule has 0 saturated heterocycles. The number of aromatic nitrogens is 2. The maximum absolute atomic E-state index is 11.0. The molecule has 0 aliphatic carbocycles. The fourth-order valence-corrected chi connectivity index (χ4v) is 1.35. The second-order valence-corrected chi connectivity index (χ2v) is 3.29. The van der Waals surface area contributed by atoms with E-state index in [1.807, 2.05) is 0 Å². The lowest BCUT2D eigenvalue weighted by molar-refractivity contribution is 0.100. The maximum atomic E-state index is 11.0. The topological polar surface area (TPSA) is 108 Å².